The van der Waals surface area contributed by atoms with Gasteiger partial charge in [0.25, 0.3) is 0 Å². The average molecular weight is 256 g/mol. The van der Waals surface area contributed by atoms with E-state index in [1.807, 2.05) is 48.5 Å². The first-order valence-corrected chi connectivity index (χ1v) is 6.50. The number of para-hydroxylation sites is 1. The molecule has 0 saturated heterocycles. The molecule has 0 saturated carbocycles. The van der Waals surface area contributed by atoms with Crippen molar-refractivity contribution in [2.24, 2.45) is 0 Å². The monoisotopic (exact) mass is 256 g/mol. The van der Waals surface area contributed by atoms with Crippen LogP contribution >= 0.6 is 0 Å². The molecule has 1 aliphatic heterocycles. The average Bonchev–Trinajstić information content (AvgIpc) is 2.62. The first kappa shape index (κ1) is 12.1. The summed E-state index contributed by atoms with van der Waals surface area (Å²) in [5.41, 5.74) is 0.811. The van der Waals surface area contributed by atoms with Crippen molar-refractivity contribution in [1.82, 2.24) is 0 Å². The Morgan fingerprint density at radius 1 is 1.05 bits per heavy atom. The molecule has 98 valence electrons. The van der Waals surface area contributed by atoms with Gasteiger partial charge in [-0.05, 0) is 43.2 Å². The van der Waals surface area contributed by atoms with Crippen LogP contribution in [0.2, 0.25) is 0 Å². The van der Waals surface area contributed by atoms with Crippen molar-refractivity contribution in [3.05, 3.63) is 54.1 Å². The van der Waals surface area contributed by atoms with Crippen molar-refractivity contribution in [2.45, 2.75) is 18.9 Å². The summed E-state index contributed by atoms with van der Waals surface area (Å²) < 4.78 is 11.4. The van der Waals surface area contributed by atoms with E-state index >= 15 is 0 Å². The van der Waals surface area contributed by atoms with Crippen LogP contribution in [-0.2, 0) is 0 Å². The molecule has 1 heterocycles. The first-order valence-electron chi connectivity index (χ1n) is 6.50. The van der Waals surface area contributed by atoms with Crippen LogP contribution < -0.4 is 9.47 Å². The van der Waals surface area contributed by atoms with E-state index in [0.717, 1.165) is 35.7 Å². The van der Waals surface area contributed by atoms with E-state index in [2.05, 4.69) is 0 Å². The number of fused-ring (bicyclic) bond motifs is 1. The van der Waals surface area contributed by atoms with E-state index in [4.69, 9.17) is 9.47 Å². The lowest BCUT2D eigenvalue weighted by Crippen LogP contribution is -1.97. The molecule has 1 N–H and O–H groups in total. The van der Waals surface area contributed by atoms with Crippen molar-refractivity contribution in [3.63, 3.8) is 0 Å². The molecule has 2 aromatic carbocycles. The smallest absolute Gasteiger partial charge is 0.128 e. The lowest BCUT2D eigenvalue weighted by molar-refractivity contribution is 0.167. The van der Waals surface area contributed by atoms with Gasteiger partial charge in [-0.15, -0.1) is 0 Å². The van der Waals surface area contributed by atoms with Gasteiger partial charge in [-0.2, -0.15) is 0 Å². The number of benzene rings is 2. The summed E-state index contributed by atoms with van der Waals surface area (Å²) in [6.07, 6.45) is 1.11. The second-order valence-corrected chi connectivity index (χ2v) is 4.62. The maximum absolute atomic E-state index is 10.1. The highest BCUT2D eigenvalue weighted by Gasteiger charge is 2.18. The Kier molecular flexibility index (Phi) is 3.38. The number of aliphatic hydroxyl groups is 1. The predicted octanol–water partition coefficient (Wildman–Crippen LogP) is 3.68. The maximum atomic E-state index is 10.1. The fourth-order valence-corrected chi connectivity index (χ4v) is 2.22. The van der Waals surface area contributed by atoms with Gasteiger partial charge in [0.15, 0.2) is 0 Å². The van der Waals surface area contributed by atoms with E-state index in [-0.39, 0.29) is 0 Å². The Bertz CT molecular complexity index is 551. The summed E-state index contributed by atoms with van der Waals surface area (Å²) in [6.45, 7) is 0.656. The molecule has 0 aromatic heterocycles. The summed E-state index contributed by atoms with van der Waals surface area (Å²) in [4.78, 5) is 0. The maximum Gasteiger partial charge on any atom is 0.128 e. The van der Waals surface area contributed by atoms with Crippen LogP contribution in [0.25, 0.3) is 0 Å². The highest BCUT2D eigenvalue weighted by atomic mass is 16.5. The molecule has 1 unspecified atom stereocenters. The standard InChI is InChI=1S/C16H16O3/c17-15-7-4-10-18-16-9-8-13(11-14(15)16)19-12-5-2-1-3-6-12/h1-3,5-6,8-9,11,15,17H,4,7,10H2. The summed E-state index contributed by atoms with van der Waals surface area (Å²) in [6, 6.07) is 15.2. The molecule has 2 aromatic rings. The molecule has 3 heteroatoms. The van der Waals surface area contributed by atoms with Crippen LogP contribution in [0, 0.1) is 0 Å². The Morgan fingerprint density at radius 2 is 1.89 bits per heavy atom. The molecule has 0 aliphatic carbocycles. The Hall–Kier alpha value is -2.00. The van der Waals surface area contributed by atoms with E-state index in [1.165, 1.54) is 0 Å². The molecular formula is C16H16O3. The molecule has 0 radical (unpaired) electrons. The quantitative estimate of drug-likeness (QED) is 0.890. The van der Waals surface area contributed by atoms with Crippen molar-refractivity contribution in [2.75, 3.05) is 6.61 Å². The Labute approximate surface area is 112 Å². The SMILES string of the molecule is OC1CCCOc2ccc(Oc3ccccc3)cc21. The zero-order chi connectivity index (χ0) is 13.1. The third-order valence-corrected chi connectivity index (χ3v) is 3.20. The molecule has 0 amide bonds. The van der Waals surface area contributed by atoms with Crippen LogP contribution in [-0.4, -0.2) is 11.7 Å². The lowest BCUT2D eigenvalue weighted by Gasteiger charge is -2.13. The van der Waals surface area contributed by atoms with Crippen molar-refractivity contribution >= 4 is 0 Å². The normalized spacial score (nSPS) is 18.1. The van der Waals surface area contributed by atoms with Gasteiger partial charge < -0.3 is 14.6 Å². The van der Waals surface area contributed by atoms with Crippen molar-refractivity contribution < 1.29 is 14.6 Å². The second kappa shape index (κ2) is 5.33. The van der Waals surface area contributed by atoms with Crippen LogP contribution in [0.15, 0.2) is 48.5 Å². The lowest BCUT2D eigenvalue weighted by atomic mass is 10.0. The number of aliphatic hydroxyl groups excluding tert-OH is 1. The fourth-order valence-electron chi connectivity index (χ4n) is 2.22. The zero-order valence-corrected chi connectivity index (χ0v) is 10.6. The zero-order valence-electron chi connectivity index (χ0n) is 10.6. The van der Waals surface area contributed by atoms with Gasteiger partial charge in [-0.1, -0.05) is 18.2 Å². The van der Waals surface area contributed by atoms with E-state index in [1.54, 1.807) is 0 Å². The Morgan fingerprint density at radius 3 is 2.74 bits per heavy atom. The minimum atomic E-state index is -0.475. The minimum absolute atomic E-state index is 0.475. The van der Waals surface area contributed by atoms with Crippen LogP contribution in [0.5, 0.6) is 17.2 Å². The van der Waals surface area contributed by atoms with Crippen LogP contribution in [0.4, 0.5) is 0 Å². The molecule has 3 nitrogen and oxygen atoms in total. The summed E-state index contributed by atoms with van der Waals surface area (Å²) in [5, 5.41) is 10.1. The third-order valence-electron chi connectivity index (χ3n) is 3.20. The number of hydrogen-bond donors (Lipinski definition) is 1. The molecule has 0 fully saturated rings. The fraction of sp³-hybridized carbons (Fsp3) is 0.250. The Balaban J connectivity index is 1.88. The minimum Gasteiger partial charge on any atom is -0.493 e. The summed E-state index contributed by atoms with van der Waals surface area (Å²) in [5.74, 6) is 2.26. The third kappa shape index (κ3) is 2.71. The molecule has 19 heavy (non-hydrogen) atoms. The molecule has 1 atom stereocenters. The summed E-state index contributed by atoms with van der Waals surface area (Å²) in [7, 11) is 0. The number of ether oxygens (including phenoxy) is 2. The largest absolute Gasteiger partial charge is 0.493 e. The predicted molar refractivity (Wildman–Crippen MR) is 72.6 cm³/mol. The molecular weight excluding hydrogens is 240 g/mol. The van der Waals surface area contributed by atoms with Gasteiger partial charge in [0.05, 0.1) is 12.7 Å². The van der Waals surface area contributed by atoms with Gasteiger partial charge >= 0.3 is 0 Å². The first-order chi connectivity index (χ1) is 9.33. The molecule has 0 spiro atoms. The number of hydrogen-bond acceptors (Lipinski definition) is 3. The topological polar surface area (TPSA) is 38.7 Å². The summed E-state index contributed by atoms with van der Waals surface area (Å²) >= 11 is 0. The van der Waals surface area contributed by atoms with Gasteiger partial charge in [0.1, 0.15) is 17.2 Å². The van der Waals surface area contributed by atoms with E-state index in [9.17, 15) is 5.11 Å². The second-order valence-electron chi connectivity index (χ2n) is 4.62. The van der Waals surface area contributed by atoms with Gasteiger partial charge in [0, 0.05) is 5.56 Å². The molecule has 3 rings (SSSR count). The highest BCUT2D eigenvalue weighted by Crippen LogP contribution is 2.35. The van der Waals surface area contributed by atoms with Gasteiger partial charge in [0.2, 0.25) is 0 Å². The highest BCUT2D eigenvalue weighted by molar-refractivity contribution is 5.43. The van der Waals surface area contributed by atoms with Crippen LogP contribution in [0.1, 0.15) is 24.5 Å². The van der Waals surface area contributed by atoms with E-state index in [0.29, 0.717) is 6.61 Å². The van der Waals surface area contributed by atoms with Gasteiger partial charge in [-0.3, -0.25) is 0 Å². The van der Waals surface area contributed by atoms with Crippen LogP contribution in [0.3, 0.4) is 0 Å². The number of rotatable bonds is 2. The molecule has 0 bridgehead atoms. The van der Waals surface area contributed by atoms with Crippen molar-refractivity contribution in [3.8, 4) is 17.2 Å². The van der Waals surface area contributed by atoms with Gasteiger partial charge in [-0.25, -0.2) is 0 Å². The van der Waals surface area contributed by atoms with Crippen molar-refractivity contribution in [1.29, 1.82) is 0 Å². The van der Waals surface area contributed by atoms with E-state index < -0.39 is 6.10 Å². The molecule has 1 aliphatic rings.